The van der Waals surface area contributed by atoms with E-state index in [1.54, 1.807) is 6.92 Å². The molecule has 2 N–H and O–H groups in total. The molecule has 1 aromatic carbocycles. The van der Waals surface area contributed by atoms with Crippen LogP contribution in [-0.4, -0.2) is 28.6 Å². The van der Waals surface area contributed by atoms with Crippen molar-refractivity contribution < 1.29 is 14.8 Å². The third-order valence-corrected chi connectivity index (χ3v) is 2.92. The highest BCUT2D eigenvalue weighted by Crippen LogP contribution is 2.17. The summed E-state index contributed by atoms with van der Waals surface area (Å²) in [6.45, 7) is 5.51. The molecule has 0 saturated carbocycles. The topological polar surface area (TPSA) is 92.5 Å². The Kier molecular flexibility index (Phi) is 5.00. The van der Waals surface area contributed by atoms with Crippen LogP contribution < -0.4 is 5.32 Å². The maximum absolute atomic E-state index is 11.9. The number of benzene rings is 1. The molecular formula is C13H18N2O4. The van der Waals surface area contributed by atoms with E-state index < -0.39 is 16.9 Å². The number of hydrogen-bond acceptors (Lipinski definition) is 4. The zero-order valence-corrected chi connectivity index (χ0v) is 11.2. The molecule has 0 aromatic heterocycles. The van der Waals surface area contributed by atoms with Gasteiger partial charge in [-0.1, -0.05) is 19.9 Å². The number of aryl methyl sites for hydroxylation is 1. The summed E-state index contributed by atoms with van der Waals surface area (Å²) >= 11 is 0. The predicted octanol–water partition coefficient (Wildman–Crippen LogP) is 1.65. The smallest absolute Gasteiger partial charge is 0.270 e. The third-order valence-electron chi connectivity index (χ3n) is 2.92. The Morgan fingerprint density at radius 3 is 2.63 bits per heavy atom. The number of carbonyl (C=O) groups is 1. The van der Waals surface area contributed by atoms with Crippen molar-refractivity contribution in [2.45, 2.75) is 26.9 Å². The van der Waals surface area contributed by atoms with Crippen LogP contribution in [0.1, 0.15) is 29.8 Å². The second kappa shape index (κ2) is 6.29. The number of non-ortho nitro benzene ring substituents is 1. The van der Waals surface area contributed by atoms with E-state index in [4.69, 9.17) is 0 Å². The summed E-state index contributed by atoms with van der Waals surface area (Å²) in [4.78, 5) is 22.1. The van der Waals surface area contributed by atoms with Gasteiger partial charge in [0.25, 0.3) is 11.6 Å². The van der Waals surface area contributed by atoms with Crippen LogP contribution in [-0.2, 0) is 0 Å². The first-order valence-corrected chi connectivity index (χ1v) is 6.04. The molecule has 0 aliphatic heterocycles. The molecule has 1 atom stereocenters. The van der Waals surface area contributed by atoms with Crippen LogP contribution in [0.15, 0.2) is 18.2 Å². The van der Waals surface area contributed by atoms with E-state index in [9.17, 15) is 20.0 Å². The Morgan fingerprint density at radius 2 is 2.11 bits per heavy atom. The molecule has 1 unspecified atom stereocenters. The number of hydrogen-bond donors (Lipinski definition) is 2. The third kappa shape index (κ3) is 4.03. The van der Waals surface area contributed by atoms with Gasteiger partial charge in [0.15, 0.2) is 0 Å². The van der Waals surface area contributed by atoms with Gasteiger partial charge in [-0.05, 0) is 18.4 Å². The monoisotopic (exact) mass is 266 g/mol. The molecular weight excluding hydrogens is 248 g/mol. The van der Waals surface area contributed by atoms with Gasteiger partial charge in [-0.25, -0.2) is 0 Å². The van der Waals surface area contributed by atoms with Crippen molar-refractivity contribution in [1.82, 2.24) is 5.32 Å². The Morgan fingerprint density at radius 1 is 1.47 bits per heavy atom. The second-order valence-electron chi connectivity index (χ2n) is 4.78. The zero-order chi connectivity index (χ0) is 14.6. The van der Waals surface area contributed by atoms with Crippen LogP contribution in [0.3, 0.4) is 0 Å². The summed E-state index contributed by atoms with van der Waals surface area (Å²) in [5, 5.41) is 22.9. The van der Waals surface area contributed by atoms with E-state index >= 15 is 0 Å². The largest absolute Gasteiger partial charge is 0.391 e. The van der Waals surface area contributed by atoms with Crippen molar-refractivity contribution in [2.24, 2.45) is 5.92 Å². The van der Waals surface area contributed by atoms with E-state index in [1.165, 1.54) is 18.2 Å². The van der Waals surface area contributed by atoms with E-state index in [0.29, 0.717) is 5.56 Å². The van der Waals surface area contributed by atoms with Crippen molar-refractivity contribution in [1.29, 1.82) is 0 Å². The molecule has 1 aromatic rings. The molecule has 0 radical (unpaired) electrons. The first-order chi connectivity index (χ1) is 8.82. The highest BCUT2D eigenvalue weighted by Gasteiger charge is 2.16. The van der Waals surface area contributed by atoms with Gasteiger partial charge in [0.1, 0.15) is 0 Å². The molecule has 0 saturated heterocycles. The van der Waals surface area contributed by atoms with Crippen molar-refractivity contribution in [3.63, 3.8) is 0 Å². The molecule has 0 aliphatic carbocycles. The number of nitrogens with zero attached hydrogens (tertiary/aromatic N) is 1. The second-order valence-corrected chi connectivity index (χ2v) is 4.78. The lowest BCUT2D eigenvalue weighted by atomic mass is 10.1. The van der Waals surface area contributed by atoms with E-state index in [0.717, 1.165) is 0 Å². The lowest BCUT2D eigenvalue weighted by Crippen LogP contribution is -2.35. The lowest BCUT2D eigenvalue weighted by molar-refractivity contribution is -0.384. The van der Waals surface area contributed by atoms with E-state index in [-0.39, 0.29) is 23.7 Å². The van der Waals surface area contributed by atoms with E-state index in [1.807, 2.05) is 13.8 Å². The minimum atomic E-state index is -0.636. The summed E-state index contributed by atoms with van der Waals surface area (Å²) in [6.07, 6.45) is -0.636. The first-order valence-electron chi connectivity index (χ1n) is 6.04. The number of amides is 1. The minimum Gasteiger partial charge on any atom is -0.391 e. The lowest BCUT2D eigenvalue weighted by Gasteiger charge is -2.15. The van der Waals surface area contributed by atoms with Crippen LogP contribution in [0, 0.1) is 23.0 Å². The van der Waals surface area contributed by atoms with Gasteiger partial charge in [0.2, 0.25) is 0 Å². The average molecular weight is 266 g/mol. The number of aliphatic hydroxyl groups is 1. The van der Waals surface area contributed by atoms with Gasteiger partial charge in [-0.2, -0.15) is 0 Å². The van der Waals surface area contributed by atoms with Crippen molar-refractivity contribution in [3.8, 4) is 0 Å². The van der Waals surface area contributed by atoms with E-state index in [2.05, 4.69) is 5.32 Å². The highest BCUT2D eigenvalue weighted by molar-refractivity contribution is 5.96. The molecule has 1 rings (SSSR count). The molecule has 0 aliphatic rings. The van der Waals surface area contributed by atoms with Crippen molar-refractivity contribution in [3.05, 3.63) is 39.4 Å². The summed E-state index contributed by atoms with van der Waals surface area (Å²) in [6, 6.07) is 4.13. The van der Waals surface area contributed by atoms with Gasteiger partial charge in [0.05, 0.1) is 11.0 Å². The predicted molar refractivity (Wildman–Crippen MR) is 71.0 cm³/mol. The molecule has 1 amide bonds. The molecule has 0 spiro atoms. The van der Waals surface area contributed by atoms with Crippen LogP contribution in [0.25, 0.3) is 0 Å². The van der Waals surface area contributed by atoms with Crippen LogP contribution in [0.4, 0.5) is 5.69 Å². The van der Waals surface area contributed by atoms with Gasteiger partial charge in [0, 0.05) is 24.2 Å². The number of aliphatic hydroxyl groups excluding tert-OH is 1. The van der Waals surface area contributed by atoms with Gasteiger partial charge < -0.3 is 10.4 Å². The molecule has 104 valence electrons. The summed E-state index contributed by atoms with van der Waals surface area (Å²) in [7, 11) is 0. The number of nitro benzene ring substituents is 1. The summed E-state index contributed by atoms with van der Waals surface area (Å²) in [5.41, 5.74) is 0.785. The number of nitro groups is 1. The quantitative estimate of drug-likeness (QED) is 0.626. The SMILES string of the molecule is Cc1ccc([N+](=O)[O-])cc1C(=O)NCC(O)C(C)C. The number of carbonyl (C=O) groups excluding carboxylic acids is 1. The Hall–Kier alpha value is -1.95. The maximum Gasteiger partial charge on any atom is 0.270 e. The molecule has 0 bridgehead atoms. The van der Waals surface area contributed by atoms with Crippen LogP contribution in [0.5, 0.6) is 0 Å². The van der Waals surface area contributed by atoms with Crippen LogP contribution in [0.2, 0.25) is 0 Å². The van der Waals surface area contributed by atoms with Crippen molar-refractivity contribution in [2.75, 3.05) is 6.54 Å². The summed E-state index contributed by atoms with van der Waals surface area (Å²) in [5.74, 6) is -0.382. The zero-order valence-electron chi connectivity index (χ0n) is 11.2. The molecule has 6 heteroatoms. The molecule has 19 heavy (non-hydrogen) atoms. The Balaban J connectivity index is 2.82. The summed E-state index contributed by atoms with van der Waals surface area (Å²) < 4.78 is 0. The molecule has 0 heterocycles. The first kappa shape index (κ1) is 15.1. The Bertz CT molecular complexity index is 486. The highest BCUT2D eigenvalue weighted by atomic mass is 16.6. The standard InChI is InChI=1S/C13H18N2O4/c1-8(2)12(16)7-14-13(17)11-6-10(15(18)19)5-4-9(11)3/h4-6,8,12,16H,7H2,1-3H3,(H,14,17). The average Bonchev–Trinajstić information content (AvgIpc) is 2.35. The van der Waals surface area contributed by atoms with Crippen molar-refractivity contribution >= 4 is 11.6 Å². The van der Waals surface area contributed by atoms with Gasteiger partial charge in [-0.15, -0.1) is 0 Å². The normalized spacial score (nSPS) is 12.3. The maximum atomic E-state index is 11.9. The Labute approximate surface area is 111 Å². The minimum absolute atomic E-state index is 0.0338. The fourth-order valence-electron chi connectivity index (χ4n) is 1.50. The number of nitrogens with one attached hydrogen (secondary N) is 1. The fourth-order valence-corrected chi connectivity index (χ4v) is 1.50. The van der Waals surface area contributed by atoms with Gasteiger partial charge in [-0.3, -0.25) is 14.9 Å². The fraction of sp³-hybridized carbons (Fsp3) is 0.462. The molecule has 0 fully saturated rings. The van der Waals surface area contributed by atoms with Crippen LogP contribution >= 0.6 is 0 Å². The number of rotatable bonds is 5. The van der Waals surface area contributed by atoms with Gasteiger partial charge >= 0.3 is 0 Å². The molecule has 6 nitrogen and oxygen atoms in total.